The first-order valence-electron chi connectivity index (χ1n) is 4.53. The average Bonchev–Trinajstić information content (AvgIpc) is 2.33. The van der Waals surface area contributed by atoms with Gasteiger partial charge in [0.2, 0.25) is 0 Å². The second-order valence-electron chi connectivity index (χ2n) is 2.88. The molecule has 8 heteroatoms. The molecule has 0 rings (SSSR count). The van der Waals surface area contributed by atoms with E-state index in [1.165, 1.54) is 18.8 Å². The molecule has 0 heterocycles. The molecule has 0 aliphatic rings. The molecule has 17 heavy (non-hydrogen) atoms. The third kappa shape index (κ3) is 5.64. The van der Waals surface area contributed by atoms with Crippen LogP contribution in [0.2, 0.25) is 0 Å². The molecule has 0 aliphatic heterocycles. The summed E-state index contributed by atoms with van der Waals surface area (Å²) < 4.78 is 4.46. The molecule has 1 N–H and O–H groups in total. The van der Waals surface area contributed by atoms with Crippen LogP contribution in [0.25, 0.3) is 0 Å². The van der Waals surface area contributed by atoms with Crippen LogP contribution in [0.1, 0.15) is 0 Å². The SMILES string of the molecule is CSCC(NC(=O)OCC#N)C(=O)N(C)C#N. The Kier molecular flexibility index (Phi) is 7.31. The van der Waals surface area contributed by atoms with Gasteiger partial charge < -0.3 is 10.1 Å². The summed E-state index contributed by atoms with van der Waals surface area (Å²) in [6, 6.07) is 0.785. The monoisotopic (exact) mass is 256 g/mol. The molecule has 0 bridgehead atoms. The van der Waals surface area contributed by atoms with Gasteiger partial charge in [0.05, 0.1) is 0 Å². The molecule has 0 spiro atoms. The number of nitrogens with one attached hydrogen (secondary N) is 1. The number of amides is 2. The first-order valence-corrected chi connectivity index (χ1v) is 5.92. The fourth-order valence-corrected chi connectivity index (χ4v) is 1.47. The van der Waals surface area contributed by atoms with E-state index in [1.54, 1.807) is 18.5 Å². The maximum absolute atomic E-state index is 11.6. The molecule has 0 fully saturated rings. The molecule has 1 atom stereocenters. The molecular weight excluding hydrogens is 244 g/mol. The summed E-state index contributed by atoms with van der Waals surface area (Å²) >= 11 is 1.34. The Balaban J connectivity index is 4.44. The van der Waals surface area contributed by atoms with Gasteiger partial charge in [-0.15, -0.1) is 0 Å². The van der Waals surface area contributed by atoms with E-state index < -0.39 is 18.0 Å². The number of hydrogen-bond acceptors (Lipinski definition) is 6. The van der Waals surface area contributed by atoms with E-state index in [-0.39, 0.29) is 6.61 Å². The number of nitrogens with zero attached hydrogens (tertiary/aromatic N) is 3. The van der Waals surface area contributed by atoms with Gasteiger partial charge in [0.15, 0.2) is 12.8 Å². The lowest BCUT2D eigenvalue weighted by Gasteiger charge is -2.18. The summed E-state index contributed by atoms with van der Waals surface area (Å²) in [5.41, 5.74) is 0. The fraction of sp³-hybridized carbons (Fsp3) is 0.556. The third-order valence-electron chi connectivity index (χ3n) is 1.67. The van der Waals surface area contributed by atoms with Crippen LogP contribution >= 0.6 is 11.8 Å². The highest BCUT2D eigenvalue weighted by Crippen LogP contribution is 2.01. The number of thioether (sulfide) groups is 1. The van der Waals surface area contributed by atoms with Gasteiger partial charge in [0.1, 0.15) is 12.1 Å². The molecule has 0 saturated carbocycles. The van der Waals surface area contributed by atoms with Crippen molar-refractivity contribution in [2.75, 3.05) is 25.7 Å². The van der Waals surface area contributed by atoms with E-state index in [2.05, 4.69) is 10.1 Å². The topological polar surface area (TPSA) is 106 Å². The van der Waals surface area contributed by atoms with Crippen molar-refractivity contribution in [2.45, 2.75) is 6.04 Å². The van der Waals surface area contributed by atoms with Gasteiger partial charge >= 0.3 is 6.09 Å². The highest BCUT2D eigenvalue weighted by molar-refractivity contribution is 7.98. The Morgan fingerprint density at radius 3 is 2.65 bits per heavy atom. The number of carbonyl (C=O) groups excluding carboxylic acids is 2. The van der Waals surface area contributed by atoms with Crippen molar-refractivity contribution in [1.82, 2.24) is 10.2 Å². The van der Waals surface area contributed by atoms with Gasteiger partial charge in [0, 0.05) is 12.8 Å². The summed E-state index contributed by atoms with van der Waals surface area (Å²) in [7, 11) is 1.30. The summed E-state index contributed by atoms with van der Waals surface area (Å²) in [4.78, 5) is 23.6. The third-order valence-corrected chi connectivity index (χ3v) is 2.34. The van der Waals surface area contributed by atoms with Gasteiger partial charge in [0.25, 0.3) is 5.91 Å². The molecule has 0 radical (unpaired) electrons. The zero-order valence-corrected chi connectivity index (χ0v) is 10.3. The number of ether oxygens (including phenoxy) is 1. The highest BCUT2D eigenvalue weighted by Gasteiger charge is 2.24. The van der Waals surface area contributed by atoms with Crippen molar-refractivity contribution < 1.29 is 14.3 Å². The van der Waals surface area contributed by atoms with Crippen LogP contribution in [0.5, 0.6) is 0 Å². The van der Waals surface area contributed by atoms with Crippen molar-refractivity contribution in [2.24, 2.45) is 0 Å². The Bertz CT molecular complexity index is 360. The quantitative estimate of drug-likeness (QED) is 0.544. The number of likely N-dealkylation sites (N-methyl/N-ethyl adjacent to an activating group) is 1. The maximum Gasteiger partial charge on any atom is 0.408 e. The van der Waals surface area contributed by atoms with Crippen molar-refractivity contribution in [3.05, 3.63) is 0 Å². The molecule has 2 amide bonds. The number of carbonyl (C=O) groups is 2. The van der Waals surface area contributed by atoms with Crippen LogP contribution < -0.4 is 5.32 Å². The second-order valence-corrected chi connectivity index (χ2v) is 3.79. The molecule has 92 valence electrons. The Hall–Kier alpha value is -1.93. The molecule has 0 aromatic carbocycles. The number of alkyl carbamates (subject to hydrolysis) is 1. The lowest BCUT2D eigenvalue weighted by atomic mass is 10.3. The van der Waals surface area contributed by atoms with Gasteiger partial charge in [-0.25, -0.2) is 4.79 Å². The summed E-state index contributed by atoms with van der Waals surface area (Å²) in [6.45, 7) is -0.389. The normalized spacial score (nSPS) is 10.6. The molecule has 0 aromatic heterocycles. The van der Waals surface area contributed by atoms with E-state index >= 15 is 0 Å². The number of hydrogen-bond donors (Lipinski definition) is 1. The van der Waals surface area contributed by atoms with E-state index in [0.717, 1.165) is 4.90 Å². The van der Waals surface area contributed by atoms with E-state index in [1.807, 2.05) is 0 Å². The predicted octanol–water partition coefficient (Wildman–Crippen LogP) is -0.0927. The minimum atomic E-state index is -0.856. The summed E-state index contributed by atoms with van der Waals surface area (Å²) in [5.74, 6) is -0.220. The minimum absolute atomic E-state index is 0.312. The maximum atomic E-state index is 11.6. The van der Waals surface area contributed by atoms with Gasteiger partial charge in [-0.1, -0.05) is 0 Å². The predicted molar refractivity (Wildman–Crippen MR) is 60.6 cm³/mol. The fourth-order valence-electron chi connectivity index (χ4n) is 0.906. The molecule has 7 nitrogen and oxygen atoms in total. The second kappa shape index (κ2) is 8.25. The molecule has 1 unspecified atom stereocenters. The van der Waals surface area contributed by atoms with Crippen LogP contribution in [0.15, 0.2) is 0 Å². The first-order chi connectivity index (χ1) is 8.06. The highest BCUT2D eigenvalue weighted by atomic mass is 32.2. The smallest absolute Gasteiger partial charge is 0.408 e. The largest absolute Gasteiger partial charge is 0.434 e. The van der Waals surface area contributed by atoms with Crippen LogP contribution in [-0.4, -0.2) is 48.6 Å². The molecular formula is C9H12N4O3S. The van der Waals surface area contributed by atoms with Crippen LogP contribution in [0, 0.1) is 22.8 Å². The van der Waals surface area contributed by atoms with Gasteiger partial charge in [-0.2, -0.15) is 22.3 Å². The standard InChI is InChI=1S/C9H12N4O3S/c1-13(6-11)8(14)7(5-17-2)12-9(15)16-4-3-10/h7H,4-5H2,1-2H3,(H,12,15). The van der Waals surface area contributed by atoms with Crippen molar-refractivity contribution in [3.8, 4) is 12.3 Å². The van der Waals surface area contributed by atoms with Crippen molar-refractivity contribution in [1.29, 1.82) is 10.5 Å². The lowest BCUT2D eigenvalue weighted by Crippen LogP contribution is -2.47. The van der Waals surface area contributed by atoms with Gasteiger partial charge in [-0.3, -0.25) is 9.69 Å². The van der Waals surface area contributed by atoms with Gasteiger partial charge in [-0.05, 0) is 6.26 Å². The molecule has 0 aliphatic carbocycles. The average molecular weight is 256 g/mol. The van der Waals surface area contributed by atoms with Crippen molar-refractivity contribution >= 4 is 23.8 Å². The van der Waals surface area contributed by atoms with E-state index in [9.17, 15) is 9.59 Å². The van der Waals surface area contributed by atoms with E-state index in [4.69, 9.17) is 10.5 Å². The van der Waals surface area contributed by atoms with Crippen LogP contribution in [0.3, 0.4) is 0 Å². The van der Waals surface area contributed by atoms with Crippen molar-refractivity contribution in [3.63, 3.8) is 0 Å². The summed E-state index contributed by atoms with van der Waals surface area (Å²) in [5, 5.41) is 19.1. The first kappa shape index (κ1) is 15.1. The number of nitriles is 2. The number of rotatable bonds is 5. The van der Waals surface area contributed by atoms with E-state index in [0.29, 0.717) is 5.75 Å². The minimum Gasteiger partial charge on any atom is -0.434 e. The van der Waals surface area contributed by atoms with Crippen LogP contribution in [0.4, 0.5) is 4.79 Å². The zero-order chi connectivity index (χ0) is 13.3. The Labute approximate surface area is 103 Å². The Morgan fingerprint density at radius 2 is 2.18 bits per heavy atom. The zero-order valence-electron chi connectivity index (χ0n) is 9.47. The molecule has 0 aromatic rings. The lowest BCUT2D eigenvalue weighted by molar-refractivity contribution is -0.128. The van der Waals surface area contributed by atoms with Crippen LogP contribution in [-0.2, 0) is 9.53 Å². The summed E-state index contributed by atoms with van der Waals surface area (Å²) in [6.07, 6.45) is 2.55. The molecule has 0 saturated heterocycles. The Morgan fingerprint density at radius 1 is 1.53 bits per heavy atom.